The number of amides is 3. The van der Waals surface area contributed by atoms with Crippen molar-refractivity contribution in [1.82, 2.24) is 25.1 Å². The number of carbonyl (C=O) groups is 2. The molecule has 1 saturated carbocycles. The predicted octanol–water partition coefficient (Wildman–Crippen LogP) is 8.63. The van der Waals surface area contributed by atoms with E-state index < -0.39 is 5.82 Å². The molecule has 3 saturated heterocycles. The molecule has 0 spiro atoms. The number of pyridine rings is 1. The fraction of sp³-hybridized carbons (Fsp3) is 0.366. The van der Waals surface area contributed by atoms with E-state index in [0.29, 0.717) is 64.8 Å². The van der Waals surface area contributed by atoms with Crippen molar-refractivity contribution in [1.29, 1.82) is 5.26 Å². The Kier molecular flexibility index (Phi) is 9.30. The van der Waals surface area contributed by atoms with Crippen LogP contribution in [0.4, 0.5) is 14.9 Å². The topological polar surface area (TPSA) is 106 Å². The third-order valence-electron chi connectivity index (χ3n) is 11.3. The number of aromatic nitrogens is 2. The van der Waals surface area contributed by atoms with Gasteiger partial charge in [-0.25, -0.2) is 14.2 Å². The molecule has 2 N–H and O–H groups in total. The largest absolute Gasteiger partial charge is 0.352 e. The zero-order valence-electron chi connectivity index (χ0n) is 29.8. The van der Waals surface area contributed by atoms with Crippen LogP contribution in [0.1, 0.15) is 67.7 Å². The maximum Gasteiger partial charge on any atom is 0.325 e. The van der Waals surface area contributed by atoms with Crippen molar-refractivity contribution in [3.05, 3.63) is 93.0 Å². The summed E-state index contributed by atoms with van der Waals surface area (Å²) in [6.07, 6.45) is 2.36. The molecule has 5 heterocycles. The van der Waals surface area contributed by atoms with Crippen LogP contribution in [0.15, 0.2) is 54.6 Å². The molecule has 4 fully saturated rings. The van der Waals surface area contributed by atoms with Crippen LogP contribution >= 0.6 is 23.2 Å². The number of benzene rings is 3. The first-order valence-electron chi connectivity index (χ1n) is 18.2. The van der Waals surface area contributed by atoms with E-state index in [1.165, 1.54) is 6.92 Å². The molecule has 4 atom stereocenters. The number of rotatable bonds is 9. The fourth-order valence-electron chi connectivity index (χ4n) is 8.73. The van der Waals surface area contributed by atoms with E-state index >= 15 is 4.39 Å². The highest BCUT2D eigenvalue weighted by Gasteiger charge is 2.49. The molecule has 0 radical (unpaired) electrons. The minimum absolute atomic E-state index is 0.0838. The molecule has 272 valence electrons. The number of hydrogen-bond donors (Lipinski definition) is 2. The van der Waals surface area contributed by atoms with Gasteiger partial charge in [0.15, 0.2) is 5.82 Å². The lowest BCUT2D eigenvalue weighted by Crippen LogP contribution is -2.51. The lowest BCUT2D eigenvalue weighted by molar-refractivity contribution is -0.119. The zero-order chi connectivity index (χ0) is 37.1. The molecule has 5 aromatic rings. The number of nitrogens with one attached hydrogen (secondary N) is 2. The van der Waals surface area contributed by atoms with Gasteiger partial charge in [-0.2, -0.15) is 5.26 Å². The Morgan fingerprint density at radius 3 is 2.70 bits per heavy atom. The first-order chi connectivity index (χ1) is 25.6. The van der Waals surface area contributed by atoms with E-state index in [1.54, 1.807) is 18.2 Å². The Morgan fingerprint density at radius 2 is 1.96 bits per heavy atom. The molecule has 4 aliphatic rings. The van der Waals surface area contributed by atoms with Crippen LogP contribution in [-0.2, 0) is 17.8 Å². The Labute approximate surface area is 317 Å². The summed E-state index contributed by atoms with van der Waals surface area (Å²) in [6.45, 7) is 7.94. The first-order valence-corrected chi connectivity index (χ1v) is 19.0. The maximum absolute atomic E-state index is 17.1. The van der Waals surface area contributed by atoms with Crippen LogP contribution in [0.25, 0.3) is 32.9 Å². The zero-order valence-corrected chi connectivity index (χ0v) is 31.4. The average Bonchev–Trinajstić information content (AvgIpc) is 3.89. The average molecular weight is 753 g/mol. The van der Waals surface area contributed by atoms with Gasteiger partial charge in [-0.1, -0.05) is 47.5 Å². The lowest BCUT2D eigenvalue weighted by Gasteiger charge is -2.42. The summed E-state index contributed by atoms with van der Waals surface area (Å²) in [5.74, 6) is -0.207. The highest BCUT2D eigenvalue weighted by atomic mass is 35.5. The molecule has 3 aliphatic heterocycles. The van der Waals surface area contributed by atoms with Crippen molar-refractivity contribution in [2.45, 2.75) is 71.1 Å². The van der Waals surface area contributed by atoms with Crippen molar-refractivity contribution >= 4 is 62.6 Å². The third-order valence-corrected chi connectivity index (χ3v) is 12.2. The van der Waals surface area contributed by atoms with Gasteiger partial charge in [0.1, 0.15) is 5.52 Å². The Bertz CT molecular complexity index is 2340. The molecule has 4 unspecified atom stereocenters. The standard InChI is InChI=1S/C41H40Cl2FN7O2/c1-22-30-19-34(23(2)49-14-7-15-50(41(49)53)28-10-4-8-25(16-28)20-46-24(3)52)51(39-27-18-33(39)47-21-27)40(30)31-17-26(9-6-13-45)35(37(44)38(31)48-22)29-11-5-12-32(42)36(29)43/h4-5,8,10-12,16-17,19,23,27,33,39,47H,6-7,9,14-15,18,20-21H2,1-3H3,(H,46,52). The minimum Gasteiger partial charge on any atom is -0.352 e. The van der Waals surface area contributed by atoms with Gasteiger partial charge in [-0.3, -0.25) is 9.69 Å². The number of nitriles is 1. The number of urea groups is 1. The Balaban J connectivity index is 1.28. The fourth-order valence-corrected chi connectivity index (χ4v) is 9.12. The molecular formula is C41H40Cl2FN7O2. The summed E-state index contributed by atoms with van der Waals surface area (Å²) in [4.78, 5) is 34.6. The van der Waals surface area contributed by atoms with Gasteiger partial charge in [-0.15, -0.1) is 0 Å². The van der Waals surface area contributed by atoms with Crippen LogP contribution < -0.4 is 15.5 Å². The maximum atomic E-state index is 17.1. The monoisotopic (exact) mass is 751 g/mol. The number of fused-ring (bicyclic) bond motifs is 4. The normalized spacial score (nSPS) is 20.2. The summed E-state index contributed by atoms with van der Waals surface area (Å²) >= 11 is 13.1. The second kappa shape index (κ2) is 13.9. The van der Waals surface area contributed by atoms with Crippen molar-refractivity contribution in [2.75, 3.05) is 24.5 Å². The molecule has 53 heavy (non-hydrogen) atoms. The number of carbonyl (C=O) groups excluding carboxylic acids is 2. The predicted molar refractivity (Wildman–Crippen MR) is 207 cm³/mol. The summed E-state index contributed by atoms with van der Waals surface area (Å²) in [7, 11) is 0. The van der Waals surface area contributed by atoms with Crippen molar-refractivity contribution in [3.63, 3.8) is 0 Å². The van der Waals surface area contributed by atoms with E-state index in [4.69, 9.17) is 28.2 Å². The second-order valence-electron chi connectivity index (χ2n) is 14.5. The minimum atomic E-state index is -0.496. The van der Waals surface area contributed by atoms with Crippen molar-refractivity contribution in [2.24, 2.45) is 5.92 Å². The van der Waals surface area contributed by atoms with Gasteiger partial charge in [0.25, 0.3) is 0 Å². The highest BCUT2D eigenvalue weighted by Crippen LogP contribution is 2.50. The van der Waals surface area contributed by atoms with Crippen LogP contribution in [0, 0.1) is 30.0 Å². The summed E-state index contributed by atoms with van der Waals surface area (Å²) in [6, 6.07) is 19.3. The lowest BCUT2D eigenvalue weighted by atomic mass is 9.79. The molecule has 3 amide bonds. The smallest absolute Gasteiger partial charge is 0.325 e. The van der Waals surface area contributed by atoms with Crippen LogP contribution in [0.2, 0.25) is 10.0 Å². The molecule has 9 rings (SSSR count). The molecule has 1 aliphatic carbocycles. The van der Waals surface area contributed by atoms with Crippen molar-refractivity contribution in [3.8, 4) is 17.2 Å². The number of nitrogens with zero attached hydrogens (tertiary/aromatic N) is 5. The number of aryl methyl sites for hydroxylation is 2. The summed E-state index contributed by atoms with van der Waals surface area (Å²) in [5, 5.41) is 18.3. The highest BCUT2D eigenvalue weighted by molar-refractivity contribution is 6.43. The number of anilines is 1. The Morgan fingerprint density at radius 1 is 1.15 bits per heavy atom. The van der Waals surface area contributed by atoms with Crippen LogP contribution in [0.5, 0.6) is 0 Å². The van der Waals surface area contributed by atoms with E-state index in [2.05, 4.69) is 34.3 Å². The summed E-state index contributed by atoms with van der Waals surface area (Å²) in [5.41, 5.74) is 5.94. The van der Waals surface area contributed by atoms with E-state index in [-0.39, 0.29) is 47.0 Å². The molecule has 12 heteroatoms. The molecule has 2 bridgehead atoms. The SMILES string of the molecule is CC(=O)NCc1cccc(N2CCCN(C(C)c3cc4c(C)nc5c(F)c(-c6cccc(Cl)c6Cl)c(CCC#N)cc5c4n3C3C4CNC3C4)C2=O)c1. The van der Waals surface area contributed by atoms with Gasteiger partial charge in [-0.05, 0) is 80.5 Å². The number of hydrogen-bond acceptors (Lipinski definition) is 5. The molecular weight excluding hydrogens is 712 g/mol. The molecule has 2 aromatic heterocycles. The van der Waals surface area contributed by atoms with E-state index in [9.17, 15) is 14.9 Å². The number of halogens is 3. The second-order valence-corrected chi connectivity index (χ2v) is 15.3. The van der Waals surface area contributed by atoms with Gasteiger partial charge in [0.05, 0.1) is 33.7 Å². The molecule has 9 nitrogen and oxygen atoms in total. The van der Waals surface area contributed by atoms with Crippen LogP contribution in [-0.4, -0.2) is 52.1 Å². The van der Waals surface area contributed by atoms with E-state index in [1.807, 2.05) is 47.1 Å². The summed E-state index contributed by atoms with van der Waals surface area (Å²) < 4.78 is 19.5. The third kappa shape index (κ3) is 5.99. The van der Waals surface area contributed by atoms with Crippen LogP contribution in [0.3, 0.4) is 0 Å². The van der Waals surface area contributed by atoms with Crippen molar-refractivity contribution < 1.29 is 14.0 Å². The van der Waals surface area contributed by atoms with Gasteiger partial charge < -0.3 is 20.1 Å². The quantitative estimate of drug-likeness (QED) is 0.157. The molecule has 3 aromatic carbocycles. The van der Waals surface area contributed by atoms with E-state index in [0.717, 1.165) is 47.2 Å². The van der Waals surface area contributed by atoms with Gasteiger partial charge in [0, 0.05) is 84.5 Å². The van der Waals surface area contributed by atoms with Gasteiger partial charge in [0.2, 0.25) is 5.91 Å². The Hall–Kier alpha value is -4.69. The van der Waals surface area contributed by atoms with Gasteiger partial charge >= 0.3 is 6.03 Å². The first kappa shape index (κ1) is 35.3.